The van der Waals surface area contributed by atoms with E-state index in [4.69, 9.17) is 14.2 Å². The number of hydrogen-bond acceptors (Lipinski definition) is 3. The molecule has 3 rings (SSSR count). The van der Waals surface area contributed by atoms with Gasteiger partial charge in [0.1, 0.15) is 12.7 Å². The molecule has 0 spiro atoms. The Morgan fingerprint density at radius 1 is 1.17 bits per heavy atom. The molecule has 1 heterocycles. The van der Waals surface area contributed by atoms with E-state index in [1.165, 1.54) is 0 Å². The fraction of sp³-hybridized carbons (Fsp3) is 0.333. The smallest absolute Gasteiger partial charge is 0.169 e. The average molecular weight is 244 g/mol. The normalized spacial score (nSPS) is 17.7. The van der Waals surface area contributed by atoms with Crippen LogP contribution in [0, 0.1) is 0 Å². The van der Waals surface area contributed by atoms with E-state index in [1.54, 1.807) is 0 Å². The van der Waals surface area contributed by atoms with Gasteiger partial charge in [0.15, 0.2) is 11.5 Å². The van der Waals surface area contributed by atoms with Crippen LogP contribution in [0.15, 0.2) is 36.4 Å². The fourth-order valence-corrected chi connectivity index (χ4v) is 1.98. The summed E-state index contributed by atoms with van der Waals surface area (Å²) in [5.74, 6) is 1.63. The van der Waals surface area contributed by atoms with E-state index in [0.29, 0.717) is 13.2 Å². The molecular formula is C15H16O3. The van der Waals surface area contributed by atoms with Gasteiger partial charge in [-0.05, 0) is 18.4 Å². The second kappa shape index (κ2) is 4.86. The van der Waals surface area contributed by atoms with Crippen LogP contribution >= 0.6 is 0 Å². The monoisotopic (exact) mass is 244 g/mol. The second-order valence-corrected chi connectivity index (χ2v) is 4.31. The third-order valence-corrected chi connectivity index (χ3v) is 2.96. The summed E-state index contributed by atoms with van der Waals surface area (Å²) in [5, 5.41) is 2.25. The summed E-state index contributed by atoms with van der Waals surface area (Å²) in [7, 11) is 0. The molecule has 0 bridgehead atoms. The highest BCUT2D eigenvalue weighted by Gasteiger charge is 2.24. The summed E-state index contributed by atoms with van der Waals surface area (Å²) < 4.78 is 16.7. The highest BCUT2D eigenvalue weighted by atomic mass is 16.6. The zero-order chi connectivity index (χ0) is 12.4. The van der Waals surface area contributed by atoms with Crippen LogP contribution in [0.2, 0.25) is 0 Å². The molecule has 1 unspecified atom stereocenters. The van der Waals surface area contributed by atoms with Gasteiger partial charge in [-0.2, -0.15) is 0 Å². The molecule has 94 valence electrons. The fourth-order valence-electron chi connectivity index (χ4n) is 1.98. The van der Waals surface area contributed by atoms with Crippen LogP contribution in [0.1, 0.15) is 6.92 Å². The first-order valence-corrected chi connectivity index (χ1v) is 6.27. The lowest BCUT2D eigenvalue weighted by Gasteiger charge is -2.13. The standard InChI is InChI=1S/C15H16O3/c1-2-16-14-8-7-11-5-3-4-6-13(11)15(14)18-10-12-9-17-12/h3-8,12H,2,9-10H2,1H3. The Hall–Kier alpha value is -1.74. The van der Waals surface area contributed by atoms with Gasteiger partial charge in [-0.25, -0.2) is 0 Å². The predicted octanol–water partition coefficient (Wildman–Crippen LogP) is 3.02. The summed E-state index contributed by atoms with van der Waals surface area (Å²) in [5.41, 5.74) is 0. The van der Waals surface area contributed by atoms with Crippen molar-refractivity contribution in [3.05, 3.63) is 36.4 Å². The zero-order valence-corrected chi connectivity index (χ0v) is 10.4. The van der Waals surface area contributed by atoms with E-state index >= 15 is 0 Å². The van der Waals surface area contributed by atoms with Crippen LogP contribution in [-0.4, -0.2) is 25.9 Å². The quantitative estimate of drug-likeness (QED) is 0.757. The first-order valence-electron chi connectivity index (χ1n) is 6.27. The van der Waals surface area contributed by atoms with Crippen LogP contribution in [0.5, 0.6) is 11.5 Å². The Morgan fingerprint density at radius 2 is 2.00 bits per heavy atom. The molecule has 3 nitrogen and oxygen atoms in total. The van der Waals surface area contributed by atoms with E-state index in [1.807, 2.05) is 25.1 Å². The van der Waals surface area contributed by atoms with Gasteiger partial charge < -0.3 is 14.2 Å². The maximum absolute atomic E-state index is 5.88. The number of ether oxygens (including phenoxy) is 3. The van der Waals surface area contributed by atoms with E-state index in [9.17, 15) is 0 Å². The highest BCUT2D eigenvalue weighted by Crippen LogP contribution is 2.36. The minimum absolute atomic E-state index is 0.249. The molecule has 2 aromatic rings. The zero-order valence-electron chi connectivity index (χ0n) is 10.4. The Balaban J connectivity index is 1.99. The van der Waals surface area contributed by atoms with Gasteiger partial charge in [-0.15, -0.1) is 0 Å². The van der Waals surface area contributed by atoms with E-state index in [-0.39, 0.29) is 6.10 Å². The Kier molecular flexibility index (Phi) is 3.07. The van der Waals surface area contributed by atoms with Gasteiger partial charge in [0, 0.05) is 5.39 Å². The summed E-state index contributed by atoms with van der Waals surface area (Å²) in [6, 6.07) is 12.2. The molecule has 1 fully saturated rings. The summed E-state index contributed by atoms with van der Waals surface area (Å²) in [6.45, 7) is 4.00. The van der Waals surface area contributed by atoms with Crippen LogP contribution < -0.4 is 9.47 Å². The minimum atomic E-state index is 0.249. The molecule has 0 aliphatic carbocycles. The molecule has 0 N–H and O–H groups in total. The molecule has 3 heteroatoms. The molecule has 18 heavy (non-hydrogen) atoms. The average Bonchev–Trinajstić information content (AvgIpc) is 3.22. The lowest BCUT2D eigenvalue weighted by atomic mass is 10.1. The number of benzene rings is 2. The largest absolute Gasteiger partial charge is 0.490 e. The van der Waals surface area contributed by atoms with Crippen molar-refractivity contribution >= 4 is 10.8 Å². The van der Waals surface area contributed by atoms with Crippen molar-refractivity contribution in [2.45, 2.75) is 13.0 Å². The molecule has 0 aromatic heterocycles. The van der Waals surface area contributed by atoms with Crippen molar-refractivity contribution in [3.8, 4) is 11.5 Å². The van der Waals surface area contributed by atoms with Crippen molar-refractivity contribution < 1.29 is 14.2 Å². The van der Waals surface area contributed by atoms with E-state index < -0.39 is 0 Å². The molecule has 1 aliphatic rings. The summed E-state index contributed by atoms with van der Waals surface area (Å²) in [6.07, 6.45) is 0.249. The molecular weight excluding hydrogens is 228 g/mol. The van der Waals surface area contributed by atoms with Crippen molar-refractivity contribution in [1.82, 2.24) is 0 Å². The third-order valence-electron chi connectivity index (χ3n) is 2.96. The molecule has 1 saturated heterocycles. The van der Waals surface area contributed by atoms with Crippen molar-refractivity contribution in [2.24, 2.45) is 0 Å². The van der Waals surface area contributed by atoms with Gasteiger partial charge >= 0.3 is 0 Å². The first kappa shape index (κ1) is 11.4. The molecule has 0 radical (unpaired) electrons. The number of rotatable bonds is 5. The molecule has 1 aliphatic heterocycles. The van der Waals surface area contributed by atoms with Crippen LogP contribution in [-0.2, 0) is 4.74 Å². The number of hydrogen-bond donors (Lipinski definition) is 0. The maximum atomic E-state index is 5.88. The molecule has 0 saturated carbocycles. The van der Waals surface area contributed by atoms with Gasteiger partial charge in [-0.1, -0.05) is 30.3 Å². The number of epoxide rings is 1. The Labute approximate surface area is 106 Å². The predicted molar refractivity (Wildman–Crippen MR) is 70.4 cm³/mol. The van der Waals surface area contributed by atoms with Crippen LogP contribution in [0.3, 0.4) is 0 Å². The van der Waals surface area contributed by atoms with Gasteiger partial charge in [0.2, 0.25) is 0 Å². The van der Waals surface area contributed by atoms with Crippen LogP contribution in [0.25, 0.3) is 10.8 Å². The summed E-state index contributed by atoms with van der Waals surface area (Å²) >= 11 is 0. The molecule has 1 atom stereocenters. The van der Waals surface area contributed by atoms with Crippen LogP contribution in [0.4, 0.5) is 0 Å². The lowest BCUT2D eigenvalue weighted by Crippen LogP contribution is -2.06. The van der Waals surface area contributed by atoms with Crippen molar-refractivity contribution in [1.29, 1.82) is 0 Å². The van der Waals surface area contributed by atoms with Gasteiger partial charge in [0.25, 0.3) is 0 Å². The maximum Gasteiger partial charge on any atom is 0.169 e. The van der Waals surface area contributed by atoms with Crippen molar-refractivity contribution in [3.63, 3.8) is 0 Å². The minimum Gasteiger partial charge on any atom is -0.490 e. The van der Waals surface area contributed by atoms with E-state index in [2.05, 4.69) is 18.2 Å². The Bertz CT molecular complexity index is 546. The molecule has 2 aromatic carbocycles. The third kappa shape index (κ3) is 2.27. The lowest BCUT2D eigenvalue weighted by molar-refractivity contribution is 0.247. The summed E-state index contributed by atoms with van der Waals surface area (Å²) in [4.78, 5) is 0. The Morgan fingerprint density at radius 3 is 2.78 bits per heavy atom. The highest BCUT2D eigenvalue weighted by molar-refractivity contribution is 5.90. The van der Waals surface area contributed by atoms with E-state index in [0.717, 1.165) is 28.9 Å². The van der Waals surface area contributed by atoms with Gasteiger partial charge in [-0.3, -0.25) is 0 Å². The second-order valence-electron chi connectivity index (χ2n) is 4.31. The number of fused-ring (bicyclic) bond motifs is 1. The molecule has 0 amide bonds. The topological polar surface area (TPSA) is 31.0 Å². The SMILES string of the molecule is CCOc1ccc2ccccc2c1OCC1CO1. The first-order chi connectivity index (χ1) is 8.88. The van der Waals surface area contributed by atoms with Crippen molar-refractivity contribution in [2.75, 3.05) is 19.8 Å². The van der Waals surface area contributed by atoms with Gasteiger partial charge in [0.05, 0.1) is 13.2 Å².